The van der Waals surface area contributed by atoms with E-state index < -0.39 is 84.2 Å². The molecule has 2 saturated heterocycles. The fraction of sp³-hybridized carbons (Fsp3) is 0.559. The molecule has 0 spiro atoms. The summed E-state index contributed by atoms with van der Waals surface area (Å²) in [5.41, 5.74) is 8.68. The Balaban J connectivity index is 1.68. The second-order valence-corrected chi connectivity index (χ2v) is 14.7. The third-order valence-corrected chi connectivity index (χ3v) is 9.73. The van der Waals surface area contributed by atoms with E-state index in [4.69, 9.17) is 5.73 Å². The van der Waals surface area contributed by atoms with E-state index in [-0.39, 0.29) is 19.4 Å². The summed E-state index contributed by atoms with van der Waals surface area (Å²) in [6.45, 7) is 6.54. The number of carbonyl (C=O) groups excluding carboxylic acids is 6. The number of nitrogens with two attached hydrogens (primary N) is 1. The second kappa shape index (κ2) is 17.0. The number of amides is 6. The summed E-state index contributed by atoms with van der Waals surface area (Å²) in [6.07, 6.45) is 0.492. The molecule has 8 N–H and O–H groups in total. The lowest BCUT2D eigenvalue weighted by Gasteiger charge is -2.35. The zero-order valence-electron chi connectivity index (χ0n) is 28.9. The number of nitrogens with one attached hydrogen (secondary N) is 5. The summed E-state index contributed by atoms with van der Waals surface area (Å²) in [4.78, 5) is 87.0. The Kier molecular flexibility index (Phi) is 13.1. The van der Waals surface area contributed by atoms with Gasteiger partial charge in [-0.2, -0.15) is 0 Å². The van der Waals surface area contributed by atoms with Crippen molar-refractivity contribution in [2.75, 3.05) is 26.2 Å². The van der Waals surface area contributed by atoms with Gasteiger partial charge >= 0.3 is 0 Å². The number of hydrogen-bond donors (Lipinski definition) is 7. The number of fused-ring (bicyclic) bond motifs is 1. The van der Waals surface area contributed by atoms with Crippen molar-refractivity contribution in [3.63, 3.8) is 0 Å². The van der Waals surface area contributed by atoms with Crippen molar-refractivity contribution < 1.29 is 33.9 Å². The van der Waals surface area contributed by atoms with Crippen LogP contribution < -0.4 is 32.3 Å². The van der Waals surface area contributed by atoms with Crippen LogP contribution in [0, 0.1) is 12.3 Å². The van der Waals surface area contributed by atoms with Crippen LogP contribution in [0.5, 0.6) is 0 Å². The van der Waals surface area contributed by atoms with Gasteiger partial charge in [0.15, 0.2) is 0 Å². The van der Waals surface area contributed by atoms with Gasteiger partial charge in [0.1, 0.15) is 18.1 Å². The number of rotatable bonds is 6. The summed E-state index contributed by atoms with van der Waals surface area (Å²) in [7, 11) is 0. The van der Waals surface area contributed by atoms with Crippen LogP contribution in [0.1, 0.15) is 70.2 Å². The first kappa shape index (κ1) is 38.4. The normalized spacial score (nSPS) is 24.9. The first-order chi connectivity index (χ1) is 23.7. The van der Waals surface area contributed by atoms with Crippen LogP contribution >= 0.6 is 11.3 Å². The molecule has 15 nitrogen and oxygen atoms in total. The van der Waals surface area contributed by atoms with Crippen molar-refractivity contribution in [1.82, 2.24) is 36.5 Å². The Morgan fingerprint density at radius 1 is 0.920 bits per heavy atom. The zero-order chi connectivity index (χ0) is 36.6. The first-order valence-corrected chi connectivity index (χ1v) is 17.7. The lowest BCUT2D eigenvalue weighted by molar-refractivity contribution is -0.144. The van der Waals surface area contributed by atoms with E-state index >= 15 is 0 Å². The van der Waals surface area contributed by atoms with Gasteiger partial charge in [0, 0.05) is 25.4 Å². The van der Waals surface area contributed by atoms with E-state index in [9.17, 15) is 33.9 Å². The maximum Gasteiger partial charge on any atom is 0.247 e. The molecule has 1 aromatic carbocycles. The predicted octanol–water partition coefficient (Wildman–Crippen LogP) is 0.0184. The minimum atomic E-state index is -1.27. The van der Waals surface area contributed by atoms with Gasteiger partial charge in [-0.3, -0.25) is 28.8 Å². The summed E-state index contributed by atoms with van der Waals surface area (Å²) in [5, 5.41) is 24.0. The molecule has 2 fully saturated rings. The number of aromatic nitrogens is 1. The van der Waals surface area contributed by atoms with E-state index in [0.29, 0.717) is 31.4 Å². The molecule has 0 bridgehead atoms. The lowest BCUT2D eigenvalue weighted by Crippen LogP contribution is -2.59. The molecule has 2 aromatic rings. The van der Waals surface area contributed by atoms with Gasteiger partial charge in [-0.15, -0.1) is 11.3 Å². The predicted molar refractivity (Wildman–Crippen MR) is 186 cm³/mol. The van der Waals surface area contributed by atoms with Crippen molar-refractivity contribution in [3.8, 4) is 10.4 Å². The Morgan fingerprint density at radius 3 is 2.24 bits per heavy atom. The van der Waals surface area contributed by atoms with Crippen LogP contribution in [0.3, 0.4) is 0 Å². The number of benzene rings is 1. The molecule has 6 amide bonds. The van der Waals surface area contributed by atoms with Crippen LogP contribution in [0.2, 0.25) is 0 Å². The molecular formula is C34H48N8O7S. The van der Waals surface area contributed by atoms with E-state index in [0.717, 1.165) is 16.1 Å². The van der Waals surface area contributed by atoms with Crippen molar-refractivity contribution in [2.24, 2.45) is 11.1 Å². The summed E-state index contributed by atoms with van der Waals surface area (Å²) in [5.74, 6) is -3.63. The largest absolute Gasteiger partial charge is 0.391 e. The number of nitrogens with zero attached hydrogens (tertiary/aromatic N) is 2. The Bertz CT molecular complexity index is 1560. The summed E-state index contributed by atoms with van der Waals surface area (Å²) < 4.78 is 0. The van der Waals surface area contributed by atoms with E-state index in [2.05, 4.69) is 31.6 Å². The smallest absolute Gasteiger partial charge is 0.247 e. The first-order valence-electron chi connectivity index (χ1n) is 16.8. The minimum absolute atomic E-state index is 0.0929. The average Bonchev–Trinajstić information content (AvgIpc) is 3.68. The monoisotopic (exact) mass is 712 g/mol. The quantitative estimate of drug-likeness (QED) is 0.200. The van der Waals surface area contributed by atoms with Gasteiger partial charge in [-0.1, -0.05) is 51.5 Å². The highest BCUT2D eigenvalue weighted by Crippen LogP contribution is 2.30. The van der Waals surface area contributed by atoms with Gasteiger partial charge in [-0.25, -0.2) is 4.98 Å². The van der Waals surface area contributed by atoms with Crippen LogP contribution in [0.15, 0.2) is 29.8 Å². The van der Waals surface area contributed by atoms with Crippen LogP contribution in [0.25, 0.3) is 10.4 Å². The van der Waals surface area contributed by atoms with Gasteiger partial charge in [0.25, 0.3) is 0 Å². The second-order valence-electron chi connectivity index (χ2n) is 13.8. The Labute approximate surface area is 295 Å². The zero-order valence-corrected chi connectivity index (χ0v) is 29.7. The number of aliphatic hydroxyl groups is 1. The SMILES string of the molecule is Cc1ncsc1-c1ccc([C@@H]2NC(=O)[C@@H]3C[C@@H](O)CN3C(=O)[C@H](C(C)(C)C)NC(=O)CNC(=O)C[C@@H](CCCCN)NC(=O)CNC2=O)cc1. The molecule has 0 unspecified atom stereocenters. The fourth-order valence-electron chi connectivity index (χ4n) is 6.06. The number of thiazole rings is 1. The molecule has 1 aromatic heterocycles. The number of hydrogen-bond acceptors (Lipinski definition) is 10. The highest BCUT2D eigenvalue weighted by Gasteiger charge is 2.45. The molecule has 4 rings (SSSR count). The standard InChI is InChI=1S/C34H48N8O7S/c1-19-29(50-18-38-19)21-10-8-20(9-11-21)28-32(48)37-16-26(45)39-22(7-5-6-12-35)13-25(44)36-15-27(46)40-30(34(2,3)4)33(49)42-17-23(43)14-24(42)31(47)41-28/h8-11,18,22-24,28,30,43H,5-7,12-17,35H2,1-4H3,(H,36,44)(H,37,48)(H,39,45)(H,40,46)(H,41,47)/t22-,23-,24+,28+,30-/m1/s1. The molecule has 272 valence electrons. The van der Waals surface area contributed by atoms with Crippen LogP contribution in [-0.2, 0) is 28.8 Å². The van der Waals surface area contributed by atoms with Crippen LogP contribution in [0.4, 0.5) is 0 Å². The molecule has 0 radical (unpaired) electrons. The van der Waals surface area contributed by atoms with E-state index in [1.807, 2.05) is 6.92 Å². The highest BCUT2D eigenvalue weighted by molar-refractivity contribution is 7.13. The lowest BCUT2D eigenvalue weighted by atomic mass is 9.85. The highest BCUT2D eigenvalue weighted by atomic mass is 32.1. The summed E-state index contributed by atoms with van der Waals surface area (Å²) in [6, 6.07) is 2.85. The van der Waals surface area contributed by atoms with Gasteiger partial charge in [0.2, 0.25) is 35.4 Å². The van der Waals surface area contributed by atoms with Crippen molar-refractivity contribution in [1.29, 1.82) is 0 Å². The number of aryl methyl sites for hydroxylation is 1. The third kappa shape index (κ3) is 10.1. The number of carbonyl (C=O) groups is 6. The van der Waals surface area contributed by atoms with Crippen molar-refractivity contribution >= 4 is 46.8 Å². The molecule has 2 aliphatic heterocycles. The molecule has 3 heterocycles. The third-order valence-electron chi connectivity index (χ3n) is 8.76. The average molecular weight is 713 g/mol. The number of unbranched alkanes of at least 4 members (excludes halogenated alkanes) is 1. The Morgan fingerprint density at radius 2 is 1.60 bits per heavy atom. The minimum Gasteiger partial charge on any atom is -0.391 e. The molecular weight excluding hydrogens is 664 g/mol. The maximum absolute atomic E-state index is 14.0. The molecule has 16 heteroatoms. The number of aliphatic hydroxyl groups excluding tert-OH is 1. The Hall–Kier alpha value is -4.41. The molecule has 5 atom stereocenters. The van der Waals surface area contributed by atoms with Gasteiger partial charge in [-0.05, 0) is 42.9 Å². The van der Waals surface area contributed by atoms with E-state index in [1.54, 1.807) is 50.5 Å². The molecule has 2 aliphatic rings. The van der Waals surface area contributed by atoms with E-state index in [1.165, 1.54) is 16.2 Å². The fourth-order valence-corrected chi connectivity index (χ4v) is 6.87. The molecule has 50 heavy (non-hydrogen) atoms. The maximum atomic E-state index is 14.0. The topological polar surface area (TPSA) is 225 Å². The van der Waals surface area contributed by atoms with Gasteiger partial charge in [0.05, 0.1) is 35.3 Å². The molecule has 0 saturated carbocycles. The van der Waals surface area contributed by atoms with Crippen molar-refractivity contribution in [2.45, 2.75) is 90.1 Å². The van der Waals surface area contributed by atoms with Crippen LogP contribution in [-0.4, -0.2) is 101 Å². The van der Waals surface area contributed by atoms with Crippen molar-refractivity contribution in [3.05, 3.63) is 41.0 Å². The molecule has 0 aliphatic carbocycles. The summed E-state index contributed by atoms with van der Waals surface area (Å²) >= 11 is 1.47. The van der Waals surface area contributed by atoms with Gasteiger partial charge < -0.3 is 42.3 Å².